The summed E-state index contributed by atoms with van der Waals surface area (Å²) in [5.41, 5.74) is 4.58. The van der Waals surface area contributed by atoms with Crippen molar-refractivity contribution < 1.29 is 18.7 Å². The molecule has 5 rings (SSSR count). The summed E-state index contributed by atoms with van der Waals surface area (Å²) in [6.45, 7) is 0. The second-order valence-electron chi connectivity index (χ2n) is 9.20. The van der Waals surface area contributed by atoms with Crippen LogP contribution in [0.25, 0.3) is 11.1 Å². The first kappa shape index (κ1) is 24.4. The van der Waals surface area contributed by atoms with E-state index >= 15 is 0 Å². The Morgan fingerprint density at radius 3 is 2.16 bits per heavy atom. The van der Waals surface area contributed by atoms with Gasteiger partial charge in [0.25, 0.3) is 0 Å². The highest BCUT2D eigenvalue weighted by molar-refractivity contribution is 6.03. The van der Waals surface area contributed by atoms with Gasteiger partial charge in [-0.15, -0.1) is 0 Å². The van der Waals surface area contributed by atoms with E-state index in [-0.39, 0.29) is 29.5 Å². The average molecular weight is 495 g/mol. The topological polar surface area (TPSA) is 64.3 Å². The largest absolute Gasteiger partial charge is 0.388 e. The Hall–Kier alpha value is -4.34. The van der Waals surface area contributed by atoms with Gasteiger partial charge in [-0.05, 0) is 83.6 Å². The zero-order chi connectivity index (χ0) is 25.9. The summed E-state index contributed by atoms with van der Waals surface area (Å²) < 4.78 is 26.8. The molecule has 3 atom stereocenters. The predicted molar refractivity (Wildman–Crippen MR) is 137 cm³/mol. The van der Waals surface area contributed by atoms with Gasteiger partial charge in [0.1, 0.15) is 11.6 Å². The first-order chi connectivity index (χ1) is 17.9. The number of β-lactam (4-membered cyclic amide) rings is 1. The quantitative estimate of drug-likeness (QED) is 0.290. The van der Waals surface area contributed by atoms with E-state index in [4.69, 9.17) is 0 Å². The number of benzene rings is 4. The number of anilines is 1. The molecule has 1 N–H and O–H groups in total. The van der Waals surface area contributed by atoms with Crippen LogP contribution in [0, 0.1) is 28.9 Å². The van der Waals surface area contributed by atoms with Gasteiger partial charge in [0.05, 0.1) is 29.7 Å². The number of carbonyl (C=O) groups excluding carboxylic acids is 1. The van der Waals surface area contributed by atoms with Crippen molar-refractivity contribution in [1.29, 1.82) is 5.26 Å². The van der Waals surface area contributed by atoms with Crippen molar-refractivity contribution in [2.24, 2.45) is 5.92 Å². The number of aliphatic hydroxyl groups excluding tert-OH is 1. The van der Waals surface area contributed by atoms with Crippen LogP contribution in [0.5, 0.6) is 0 Å². The van der Waals surface area contributed by atoms with Gasteiger partial charge in [0, 0.05) is 5.69 Å². The molecule has 1 fully saturated rings. The third-order valence-electron chi connectivity index (χ3n) is 6.90. The van der Waals surface area contributed by atoms with Crippen molar-refractivity contribution in [2.75, 3.05) is 4.90 Å². The van der Waals surface area contributed by atoms with Gasteiger partial charge >= 0.3 is 0 Å². The molecule has 37 heavy (non-hydrogen) atoms. The van der Waals surface area contributed by atoms with Gasteiger partial charge in [-0.2, -0.15) is 5.26 Å². The smallest absolute Gasteiger partial charge is 0.233 e. The van der Waals surface area contributed by atoms with Crippen molar-refractivity contribution in [1.82, 2.24) is 0 Å². The van der Waals surface area contributed by atoms with Crippen LogP contribution in [-0.2, 0) is 4.79 Å². The third-order valence-corrected chi connectivity index (χ3v) is 6.90. The standard InChI is InChI=1S/C31H24F2N2O2/c32-25-10-8-22(9-11-25)29(36)17-16-28-30(35(31(28)37)27-14-12-26(33)13-15-27)23-6-4-21(5-7-23)24-3-1-2-20(18-24)19-34/h1-15,18,28-30,36H,16-17H2/t28?,29-,30?/m0/s1. The van der Waals surface area contributed by atoms with Crippen LogP contribution in [0.15, 0.2) is 97.1 Å². The van der Waals surface area contributed by atoms with Crippen LogP contribution in [0.2, 0.25) is 0 Å². The first-order valence-electron chi connectivity index (χ1n) is 12.1. The van der Waals surface area contributed by atoms with E-state index in [2.05, 4.69) is 6.07 Å². The summed E-state index contributed by atoms with van der Waals surface area (Å²) in [7, 11) is 0. The zero-order valence-corrected chi connectivity index (χ0v) is 19.9. The van der Waals surface area contributed by atoms with Gasteiger partial charge in [-0.3, -0.25) is 4.79 Å². The number of hydrogen-bond donors (Lipinski definition) is 1. The van der Waals surface area contributed by atoms with Crippen LogP contribution in [0.4, 0.5) is 14.5 Å². The zero-order valence-electron chi connectivity index (χ0n) is 19.9. The molecule has 0 saturated carbocycles. The molecule has 1 aliphatic heterocycles. The molecule has 4 aromatic carbocycles. The second kappa shape index (κ2) is 10.3. The molecule has 4 aromatic rings. The maximum Gasteiger partial charge on any atom is 0.233 e. The fourth-order valence-corrected chi connectivity index (χ4v) is 4.93. The molecule has 1 heterocycles. The molecule has 1 saturated heterocycles. The number of nitriles is 1. The summed E-state index contributed by atoms with van der Waals surface area (Å²) >= 11 is 0. The molecule has 0 bridgehead atoms. The van der Waals surface area contributed by atoms with E-state index in [0.717, 1.165) is 16.7 Å². The number of rotatable bonds is 7. The molecule has 2 unspecified atom stereocenters. The minimum Gasteiger partial charge on any atom is -0.388 e. The second-order valence-corrected chi connectivity index (χ2v) is 9.20. The molecule has 1 aliphatic rings. The Morgan fingerprint density at radius 1 is 0.865 bits per heavy atom. The molecule has 6 heteroatoms. The Bertz CT molecular complexity index is 1440. The van der Waals surface area contributed by atoms with Crippen LogP contribution < -0.4 is 4.90 Å². The van der Waals surface area contributed by atoms with E-state index in [0.29, 0.717) is 29.7 Å². The van der Waals surface area contributed by atoms with Crippen LogP contribution in [0.1, 0.15) is 41.7 Å². The lowest BCUT2D eigenvalue weighted by molar-refractivity contribution is -0.131. The lowest BCUT2D eigenvalue weighted by Gasteiger charge is -2.48. The number of aliphatic hydroxyl groups is 1. The van der Waals surface area contributed by atoms with Crippen molar-refractivity contribution in [2.45, 2.75) is 25.0 Å². The summed E-state index contributed by atoms with van der Waals surface area (Å²) in [4.78, 5) is 14.9. The molecular weight excluding hydrogens is 470 g/mol. The Labute approximate surface area is 214 Å². The first-order valence-corrected chi connectivity index (χ1v) is 12.1. The van der Waals surface area contributed by atoms with Gasteiger partial charge in [0.15, 0.2) is 0 Å². The third kappa shape index (κ3) is 5.00. The molecular formula is C31H24F2N2O2. The Balaban J connectivity index is 1.40. The van der Waals surface area contributed by atoms with Gasteiger partial charge in [0.2, 0.25) is 5.91 Å². The van der Waals surface area contributed by atoms with E-state index in [1.807, 2.05) is 42.5 Å². The maximum absolute atomic E-state index is 13.5. The minimum atomic E-state index is -0.816. The highest BCUT2D eigenvalue weighted by atomic mass is 19.1. The summed E-state index contributed by atoms with van der Waals surface area (Å²) in [6.07, 6.45) is -0.0377. The van der Waals surface area contributed by atoms with E-state index in [1.54, 1.807) is 35.2 Å². The van der Waals surface area contributed by atoms with Crippen molar-refractivity contribution in [3.8, 4) is 17.2 Å². The number of nitrogens with zero attached hydrogens (tertiary/aromatic N) is 2. The molecule has 4 nitrogen and oxygen atoms in total. The van der Waals surface area contributed by atoms with Crippen molar-refractivity contribution in [3.63, 3.8) is 0 Å². The van der Waals surface area contributed by atoms with Crippen LogP contribution >= 0.6 is 0 Å². The SMILES string of the molecule is N#Cc1cccc(-c2ccc(C3C(CC[C@H](O)c4ccc(F)cc4)C(=O)N3c3ccc(F)cc3)cc2)c1. The average Bonchev–Trinajstić information content (AvgIpc) is 2.93. The van der Waals surface area contributed by atoms with Crippen molar-refractivity contribution in [3.05, 3.63) is 125 Å². The summed E-state index contributed by atoms with van der Waals surface area (Å²) in [5.74, 6) is -1.21. The van der Waals surface area contributed by atoms with Crippen LogP contribution in [-0.4, -0.2) is 11.0 Å². The normalized spacial score (nSPS) is 17.7. The monoisotopic (exact) mass is 494 g/mol. The molecule has 0 radical (unpaired) electrons. The lowest BCUT2D eigenvalue weighted by Crippen LogP contribution is -2.55. The van der Waals surface area contributed by atoms with Gasteiger partial charge in [-0.1, -0.05) is 48.5 Å². The van der Waals surface area contributed by atoms with Crippen LogP contribution in [0.3, 0.4) is 0 Å². The number of amides is 1. The van der Waals surface area contributed by atoms with Gasteiger partial charge < -0.3 is 10.0 Å². The molecule has 1 amide bonds. The number of halogens is 2. The molecule has 0 aromatic heterocycles. The Kier molecular flexibility index (Phi) is 6.80. The molecule has 184 valence electrons. The van der Waals surface area contributed by atoms with E-state index in [9.17, 15) is 23.9 Å². The number of hydrogen-bond acceptors (Lipinski definition) is 3. The maximum atomic E-state index is 13.5. The highest BCUT2D eigenvalue weighted by Crippen LogP contribution is 2.46. The van der Waals surface area contributed by atoms with Gasteiger partial charge in [-0.25, -0.2) is 8.78 Å². The van der Waals surface area contributed by atoms with E-state index < -0.39 is 6.10 Å². The highest BCUT2D eigenvalue weighted by Gasteiger charge is 2.48. The number of carbonyl (C=O) groups is 1. The molecule has 0 aliphatic carbocycles. The van der Waals surface area contributed by atoms with E-state index in [1.165, 1.54) is 24.3 Å². The summed E-state index contributed by atoms with van der Waals surface area (Å²) in [6, 6.07) is 28.6. The fraction of sp³-hybridized carbons (Fsp3) is 0.161. The summed E-state index contributed by atoms with van der Waals surface area (Å²) in [5, 5.41) is 19.8. The minimum absolute atomic E-state index is 0.0892. The Morgan fingerprint density at radius 2 is 1.51 bits per heavy atom. The van der Waals surface area contributed by atoms with Crippen molar-refractivity contribution >= 4 is 11.6 Å². The lowest BCUT2D eigenvalue weighted by atomic mass is 9.78. The predicted octanol–water partition coefficient (Wildman–Crippen LogP) is 6.72. The molecule has 0 spiro atoms. The fourth-order valence-electron chi connectivity index (χ4n) is 4.93.